The largest absolute Gasteiger partial charge is 0.480 e. The monoisotopic (exact) mass is 517 g/mol. The first kappa shape index (κ1) is 31.7. The smallest absolute Gasteiger partial charge is 0.326 e. The maximum absolute atomic E-state index is 12.3. The van der Waals surface area contributed by atoms with E-state index in [1.807, 2.05) is 6.92 Å². The van der Waals surface area contributed by atoms with Gasteiger partial charge in [-0.05, 0) is 26.2 Å². The first-order valence-corrected chi connectivity index (χ1v) is 12.8. The molecule has 1 fully saturated rings. The maximum atomic E-state index is 12.3. The minimum atomic E-state index is -1.14. The van der Waals surface area contributed by atoms with Crippen molar-refractivity contribution >= 4 is 23.7 Å². The van der Waals surface area contributed by atoms with Crippen LogP contribution in [0.4, 0.5) is 0 Å². The summed E-state index contributed by atoms with van der Waals surface area (Å²) < 4.78 is 21.0. The number of hydrogen-bond acceptors (Lipinski definition) is 8. The van der Waals surface area contributed by atoms with Gasteiger partial charge in [0.05, 0.1) is 39.6 Å². The third kappa shape index (κ3) is 16.4. The molecule has 0 heterocycles. The van der Waals surface area contributed by atoms with Gasteiger partial charge in [0.2, 0.25) is 17.7 Å². The van der Waals surface area contributed by atoms with Crippen molar-refractivity contribution in [2.75, 3.05) is 65.9 Å². The molecule has 12 nitrogen and oxygen atoms in total. The van der Waals surface area contributed by atoms with E-state index in [-0.39, 0.29) is 69.5 Å². The van der Waals surface area contributed by atoms with E-state index in [0.717, 1.165) is 32.1 Å². The molecule has 0 unspecified atom stereocenters. The Bertz CT molecular complexity index is 642. The van der Waals surface area contributed by atoms with Crippen molar-refractivity contribution in [3.05, 3.63) is 0 Å². The zero-order valence-corrected chi connectivity index (χ0v) is 21.4. The van der Waals surface area contributed by atoms with Crippen LogP contribution in [0.5, 0.6) is 0 Å². The average molecular weight is 518 g/mol. The lowest BCUT2D eigenvalue weighted by molar-refractivity contribution is -0.143. The molecule has 1 aliphatic carbocycles. The molecule has 3 amide bonds. The molecular formula is C24H43N3O9. The van der Waals surface area contributed by atoms with Crippen molar-refractivity contribution < 1.29 is 43.2 Å². The van der Waals surface area contributed by atoms with Crippen LogP contribution >= 0.6 is 0 Å². The van der Waals surface area contributed by atoms with E-state index >= 15 is 0 Å². The van der Waals surface area contributed by atoms with Gasteiger partial charge in [0, 0.05) is 32.0 Å². The predicted molar refractivity (Wildman–Crippen MR) is 130 cm³/mol. The minimum Gasteiger partial charge on any atom is -0.480 e. The molecule has 0 saturated heterocycles. The van der Waals surface area contributed by atoms with E-state index in [9.17, 15) is 24.3 Å². The lowest BCUT2D eigenvalue weighted by atomic mass is 9.88. The molecule has 12 heteroatoms. The molecule has 0 radical (unpaired) electrons. The van der Waals surface area contributed by atoms with Crippen LogP contribution < -0.4 is 16.0 Å². The van der Waals surface area contributed by atoms with E-state index in [0.29, 0.717) is 33.0 Å². The van der Waals surface area contributed by atoms with Gasteiger partial charge in [0.1, 0.15) is 12.6 Å². The van der Waals surface area contributed by atoms with Gasteiger partial charge in [0.25, 0.3) is 0 Å². The summed E-state index contributed by atoms with van der Waals surface area (Å²) in [7, 11) is 0. The van der Waals surface area contributed by atoms with Gasteiger partial charge >= 0.3 is 5.97 Å². The Morgan fingerprint density at radius 2 is 1.39 bits per heavy atom. The molecule has 1 rings (SSSR count). The van der Waals surface area contributed by atoms with Crippen LogP contribution in [0.1, 0.15) is 51.9 Å². The molecule has 1 saturated carbocycles. The van der Waals surface area contributed by atoms with Crippen LogP contribution in [0.2, 0.25) is 0 Å². The van der Waals surface area contributed by atoms with Crippen molar-refractivity contribution in [2.45, 2.75) is 57.9 Å². The van der Waals surface area contributed by atoms with Crippen molar-refractivity contribution in [1.82, 2.24) is 16.0 Å². The number of rotatable bonds is 21. The summed E-state index contributed by atoms with van der Waals surface area (Å²) in [5.41, 5.74) is 0. The minimum absolute atomic E-state index is 0.0162. The molecule has 36 heavy (non-hydrogen) atoms. The van der Waals surface area contributed by atoms with Crippen LogP contribution in [0.3, 0.4) is 0 Å². The molecule has 1 atom stereocenters. The SMILES string of the molecule is CCOCCOCCNC(=O)COCCOCCNC(=O)CC[C@H](NC(=O)C1CCCCC1)C(=O)O. The third-order valence-electron chi connectivity index (χ3n) is 5.57. The number of nitrogens with one attached hydrogen (secondary N) is 3. The number of amides is 3. The van der Waals surface area contributed by atoms with Crippen molar-refractivity contribution in [3.8, 4) is 0 Å². The van der Waals surface area contributed by atoms with Gasteiger partial charge < -0.3 is 40.0 Å². The van der Waals surface area contributed by atoms with Crippen LogP contribution in [0, 0.1) is 5.92 Å². The van der Waals surface area contributed by atoms with Gasteiger partial charge in [0.15, 0.2) is 0 Å². The van der Waals surface area contributed by atoms with Crippen LogP contribution in [0.25, 0.3) is 0 Å². The lowest BCUT2D eigenvalue weighted by Gasteiger charge is -2.23. The fraction of sp³-hybridized carbons (Fsp3) is 0.833. The van der Waals surface area contributed by atoms with Gasteiger partial charge in [-0.25, -0.2) is 4.79 Å². The molecule has 1 aliphatic rings. The number of carbonyl (C=O) groups is 4. The second-order valence-corrected chi connectivity index (χ2v) is 8.45. The Morgan fingerprint density at radius 3 is 2.00 bits per heavy atom. The van der Waals surface area contributed by atoms with E-state index in [4.69, 9.17) is 18.9 Å². The summed E-state index contributed by atoms with van der Waals surface area (Å²) in [5, 5.41) is 17.3. The summed E-state index contributed by atoms with van der Waals surface area (Å²) >= 11 is 0. The molecule has 4 N–H and O–H groups in total. The lowest BCUT2D eigenvalue weighted by Crippen LogP contribution is -2.44. The van der Waals surface area contributed by atoms with Gasteiger partial charge in [-0.15, -0.1) is 0 Å². The number of ether oxygens (including phenoxy) is 4. The standard InChI is InChI=1S/C24H43N3O9/c1-2-33-14-15-34-13-11-26-22(29)18-36-17-16-35-12-10-25-21(28)9-8-20(24(31)32)27-23(30)19-6-4-3-5-7-19/h19-20H,2-18H2,1H3,(H,25,28)(H,26,29)(H,27,30)(H,31,32)/t20-/m0/s1. The molecule has 0 spiro atoms. The number of carboxylic acids is 1. The second kappa shape index (κ2) is 20.9. The van der Waals surface area contributed by atoms with E-state index in [1.165, 1.54) is 0 Å². The molecule has 0 bridgehead atoms. The summed E-state index contributed by atoms with van der Waals surface area (Å²) in [6, 6.07) is -1.08. The first-order chi connectivity index (χ1) is 17.4. The second-order valence-electron chi connectivity index (χ2n) is 8.45. The fourth-order valence-electron chi connectivity index (χ4n) is 3.60. The highest BCUT2D eigenvalue weighted by atomic mass is 16.5. The van der Waals surface area contributed by atoms with Gasteiger partial charge in [-0.1, -0.05) is 19.3 Å². The Hall–Kier alpha value is -2.28. The topological polar surface area (TPSA) is 162 Å². The molecule has 0 aliphatic heterocycles. The van der Waals surface area contributed by atoms with Crippen molar-refractivity contribution in [2.24, 2.45) is 5.92 Å². The molecule has 0 aromatic heterocycles. The maximum Gasteiger partial charge on any atom is 0.326 e. The Morgan fingerprint density at radius 1 is 0.806 bits per heavy atom. The fourth-order valence-corrected chi connectivity index (χ4v) is 3.60. The first-order valence-electron chi connectivity index (χ1n) is 12.8. The van der Waals surface area contributed by atoms with Crippen LogP contribution in [-0.4, -0.2) is 101 Å². The average Bonchev–Trinajstić information content (AvgIpc) is 2.87. The number of aliphatic carboxylic acids is 1. The Labute approximate surface area is 213 Å². The van der Waals surface area contributed by atoms with Crippen molar-refractivity contribution in [1.29, 1.82) is 0 Å². The Balaban J connectivity index is 1.99. The van der Waals surface area contributed by atoms with Crippen LogP contribution in [0.15, 0.2) is 0 Å². The zero-order valence-electron chi connectivity index (χ0n) is 21.4. The Kier molecular flexibility index (Phi) is 18.4. The van der Waals surface area contributed by atoms with E-state index in [1.54, 1.807) is 0 Å². The summed E-state index contributed by atoms with van der Waals surface area (Å²) in [6.07, 6.45) is 4.63. The quantitative estimate of drug-likeness (QED) is 0.156. The highest BCUT2D eigenvalue weighted by molar-refractivity contribution is 5.85. The summed E-state index contributed by atoms with van der Waals surface area (Å²) in [5.74, 6) is -2.08. The number of carbonyl (C=O) groups excluding carboxylic acids is 3. The highest BCUT2D eigenvalue weighted by Gasteiger charge is 2.26. The number of hydrogen-bond donors (Lipinski definition) is 4. The zero-order chi connectivity index (χ0) is 26.4. The van der Waals surface area contributed by atoms with Crippen LogP contribution in [-0.2, 0) is 38.1 Å². The summed E-state index contributed by atoms with van der Waals surface area (Å²) in [4.78, 5) is 47.3. The van der Waals surface area contributed by atoms with Crippen molar-refractivity contribution in [3.63, 3.8) is 0 Å². The molecular weight excluding hydrogens is 474 g/mol. The predicted octanol–water partition coefficient (Wildman–Crippen LogP) is 0.235. The van der Waals surface area contributed by atoms with Gasteiger partial charge in [-0.3, -0.25) is 14.4 Å². The molecule has 208 valence electrons. The third-order valence-corrected chi connectivity index (χ3v) is 5.57. The molecule has 0 aromatic carbocycles. The highest BCUT2D eigenvalue weighted by Crippen LogP contribution is 2.23. The van der Waals surface area contributed by atoms with E-state index < -0.39 is 12.0 Å². The van der Waals surface area contributed by atoms with Gasteiger partial charge in [-0.2, -0.15) is 0 Å². The summed E-state index contributed by atoms with van der Waals surface area (Å²) in [6.45, 7) is 5.29. The van der Waals surface area contributed by atoms with E-state index in [2.05, 4.69) is 16.0 Å². The normalized spacial score (nSPS) is 14.7. The number of carboxylic acid groups (broad SMARTS) is 1. The molecule has 0 aromatic rings.